The Kier molecular flexibility index (Phi) is 4.94. The third kappa shape index (κ3) is 3.41. The van der Waals surface area contributed by atoms with Gasteiger partial charge in [0.1, 0.15) is 10.6 Å². The molecule has 0 saturated carbocycles. The summed E-state index contributed by atoms with van der Waals surface area (Å²) >= 11 is 1.43. The minimum atomic E-state index is -3.65. The Balaban J connectivity index is 2.34. The topological polar surface area (TPSA) is 85.5 Å². The molecule has 0 aliphatic carbocycles. The van der Waals surface area contributed by atoms with Gasteiger partial charge in [0.25, 0.3) is 0 Å². The molecule has 21 heavy (non-hydrogen) atoms. The summed E-state index contributed by atoms with van der Waals surface area (Å²) in [5.41, 5.74) is 8.76. The van der Waals surface area contributed by atoms with Crippen molar-refractivity contribution in [1.82, 2.24) is 9.29 Å². The first-order valence-electron chi connectivity index (χ1n) is 6.19. The quantitative estimate of drug-likeness (QED) is 0.867. The first kappa shape index (κ1) is 15.9. The number of hydrogen-bond acceptors (Lipinski definition) is 6. The van der Waals surface area contributed by atoms with Crippen LogP contribution < -0.4 is 10.5 Å². The number of ether oxygens (including phenoxy) is 1. The average molecular weight is 327 g/mol. The molecule has 0 spiro atoms. The average Bonchev–Trinajstić information content (AvgIpc) is 2.99. The fourth-order valence-corrected chi connectivity index (χ4v) is 3.67. The zero-order valence-corrected chi connectivity index (χ0v) is 13.4. The van der Waals surface area contributed by atoms with Gasteiger partial charge in [-0.25, -0.2) is 13.4 Å². The molecule has 1 heterocycles. The fourth-order valence-electron chi connectivity index (χ4n) is 1.85. The molecule has 0 unspecified atom stereocenters. The first-order chi connectivity index (χ1) is 9.98. The maximum atomic E-state index is 12.6. The Morgan fingerprint density at radius 3 is 2.76 bits per heavy atom. The van der Waals surface area contributed by atoms with E-state index in [1.807, 2.05) is 5.38 Å². The van der Waals surface area contributed by atoms with E-state index in [9.17, 15) is 8.42 Å². The second-order valence-corrected chi connectivity index (χ2v) is 7.16. The van der Waals surface area contributed by atoms with Crippen LogP contribution in [0.4, 0.5) is 0 Å². The molecule has 1 aromatic carbocycles. The number of sulfonamides is 1. The summed E-state index contributed by atoms with van der Waals surface area (Å²) in [7, 11) is -0.692. The van der Waals surface area contributed by atoms with Crippen molar-refractivity contribution in [1.29, 1.82) is 0 Å². The van der Waals surface area contributed by atoms with Crippen LogP contribution in [0.15, 0.2) is 34.0 Å². The Morgan fingerprint density at radius 1 is 1.43 bits per heavy atom. The van der Waals surface area contributed by atoms with Crippen LogP contribution >= 0.6 is 11.3 Å². The summed E-state index contributed by atoms with van der Waals surface area (Å²) in [6, 6.07) is 4.85. The fraction of sp³-hybridized carbons (Fsp3) is 0.308. The van der Waals surface area contributed by atoms with Gasteiger partial charge in [0.2, 0.25) is 10.0 Å². The minimum Gasteiger partial charge on any atom is -0.495 e. The van der Waals surface area contributed by atoms with Crippen molar-refractivity contribution in [2.75, 3.05) is 14.2 Å². The van der Waals surface area contributed by atoms with Crippen molar-refractivity contribution in [3.63, 3.8) is 0 Å². The van der Waals surface area contributed by atoms with Gasteiger partial charge in [-0.1, -0.05) is 6.07 Å². The summed E-state index contributed by atoms with van der Waals surface area (Å²) < 4.78 is 31.7. The number of benzene rings is 1. The lowest BCUT2D eigenvalue weighted by molar-refractivity contribution is 0.397. The zero-order chi connectivity index (χ0) is 15.5. The van der Waals surface area contributed by atoms with Crippen molar-refractivity contribution in [2.45, 2.75) is 18.0 Å². The third-order valence-corrected chi connectivity index (χ3v) is 5.50. The van der Waals surface area contributed by atoms with Crippen LogP contribution in [0, 0.1) is 0 Å². The van der Waals surface area contributed by atoms with Crippen LogP contribution in [-0.4, -0.2) is 31.9 Å². The van der Waals surface area contributed by atoms with E-state index in [0.29, 0.717) is 18.0 Å². The minimum absolute atomic E-state index is 0.125. The molecule has 1 aromatic heterocycles. The number of nitrogens with zero attached hydrogens (tertiary/aromatic N) is 2. The number of hydrogen-bond donors (Lipinski definition) is 1. The second kappa shape index (κ2) is 6.52. The lowest BCUT2D eigenvalue weighted by atomic mass is 10.2. The molecular formula is C13H17N3O3S2. The number of rotatable bonds is 6. The predicted octanol–water partition coefficient (Wildman–Crippen LogP) is 1.43. The molecule has 0 saturated heterocycles. The second-order valence-electron chi connectivity index (χ2n) is 4.43. The molecule has 0 aliphatic rings. The van der Waals surface area contributed by atoms with Crippen molar-refractivity contribution in [3.05, 3.63) is 40.3 Å². The largest absolute Gasteiger partial charge is 0.495 e. The summed E-state index contributed by atoms with van der Waals surface area (Å²) in [6.07, 6.45) is 0. The highest BCUT2D eigenvalue weighted by atomic mass is 32.2. The molecule has 0 amide bonds. The zero-order valence-electron chi connectivity index (χ0n) is 11.8. The van der Waals surface area contributed by atoms with Crippen molar-refractivity contribution < 1.29 is 13.2 Å². The molecule has 2 aromatic rings. The number of nitrogens with two attached hydrogens (primary N) is 1. The molecule has 2 rings (SSSR count). The van der Waals surface area contributed by atoms with Gasteiger partial charge < -0.3 is 10.5 Å². The van der Waals surface area contributed by atoms with Gasteiger partial charge in [-0.05, 0) is 17.7 Å². The van der Waals surface area contributed by atoms with Gasteiger partial charge in [0.15, 0.2) is 0 Å². The van der Waals surface area contributed by atoms with Crippen LogP contribution in [-0.2, 0) is 23.1 Å². The highest BCUT2D eigenvalue weighted by Crippen LogP contribution is 2.28. The van der Waals surface area contributed by atoms with Crippen molar-refractivity contribution in [3.8, 4) is 5.75 Å². The van der Waals surface area contributed by atoms with E-state index in [1.165, 1.54) is 35.9 Å². The monoisotopic (exact) mass is 327 g/mol. The van der Waals surface area contributed by atoms with Gasteiger partial charge in [-0.15, -0.1) is 11.3 Å². The first-order valence-corrected chi connectivity index (χ1v) is 8.57. The van der Waals surface area contributed by atoms with Crippen LogP contribution in [0.25, 0.3) is 0 Å². The molecule has 0 aliphatic heterocycles. The smallest absolute Gasteiger partial charge is 0.246 e. The molecule has 2 N–H and O–H groups in total. The Labute approximate surface area is 128 Å². The molecule has 0 fully saturated rings. The van der Waals surface area contributed by atoms with Gasteiger partial charge in [-0.3, -0.25) is 0 Å². The maximum absolute atomic E-state index is 12.6. The maximum Gasteiger partial charge on any atom is 0.246 e. The van der Waals surface area contributed by atoms with Crippen LogP contribution in [0.3, 0.4) is 0 Å². The Morgan fingerprint density at radius 2 is 2.19 bits per heavy atom. The number of aromatic nitrogens is 1. The highest BCUT2D eigenvalue weighted by Gasteiger charge is 2.25. The van der Waals surface area contributed by atoms with Crippen LogP contribution in [0.1, 0.15) is 11.3 Å². The van der Waals surface area contributed by atoms with E-state index in [4.69, 9.17) is 10.5 Å². The van der Waals surface area contributed by atoms with Crippen LogP contribution in [0.2, 0.25) is 0 Å². The van der Waals surface area contributed by atoms with Gasteiger partial charge in [-0.2, -0.15) is 4.31 Å². The van der Waals surface area contributed by atoms with E-state index in [-0.39, 0.29) is 11.4 Å². The third-order valence-electron chi connectivity index (χ3n) is 3.02. The van der Waals surface area contributed by atoms with Crippen molar-refractivity contribution >= 4 is 21.4 Å². The summed E-state index contributed by atoms with van der Waals surface area (Å²) in [4.78, 5) is 4.22. The molecule has 114 valence electrons. The Hall–Kier alpha value is -1.48. The van der Waals surface area contributed by atoms with E-state index in [0.717, 1.165) is 5.56 Å². The molecule has 0 radical (unpaired) electrons. The van der Waals surface area contributed by atoms with E-state index in [1.54, 1.807) is 17.6 Å². The van der Waals surface area contributed by atoms with Gasteiger partial charge >= 0.3 is 0 Å². The predicted molar refractivity (Wildman–Crippen MR) is 81.7 cm³/mol. The summed E-state index contributed by atoms with van der Waals surface area (Å²) in [5, 5.41) is 1.82. The molecule has 6 nitrogen and oxygen atoms in total. The Bertz CT molecular complexity index is 699. The SMILES string of the molecule is COc1cc(CN)ccc1S(=O)(=O)N(C)Cc1cscn1. The number of methoxy groups -OCH3 is 1. The van der Waals surface area contributed by atoms with Gasteiger partial charge in [0.05, 0.1) is 24.9 Å². The van der Waals surface area contributed by atoms with Crippen molar-refractivity contribution in [2.24, 2.45) is 5.73 Å². The molecule has 0 atom stereocenters. The summed E-state index contributed by atoms with van der Waals surface area (Å²) in [6.45, 7) is 0.541. The van der Waals surface area contributed by atoms with E-state index in [2.05, 4.69) is 4.98 Å². The van der Waals surface area contributed by atoms with E-state index < -0.39 is 10.0 Å². The standard InChI is InChI=1S/C13H17N3O3S2/c1-16(7-11-8-20-9-15-11)21(17,18)13-4-3-10(6-14)5-12(13)19-2/h3-5,8-9H,6-7,14H2,1-2H3. The normalized spacial score (nSPS) is 11.8. The van der Waals surface area contributed by atoms with E-state index >= 15 is 0 Å². The summed E-state index contributed by atoms with van der Waals surface area (Å²) in [5.74, 6) is 0.295. The van der Waals surface area contributed by atoms with Crippen LogP contribution in [0.5, 0.6) is 5.75 Å². The lowest BCUT2D eigenvalue weighted by Gasteiger charge is -2.18. The highest BCUT2D eigenvalue weighted by molar-refractivity contribution is 7.89. The molecular weight excluding hydrogens is 310 g/mol. The number of thiazole rings is 1. The molecule has 8 heteroatoms. The lowest BCUT2D eigenvalue weighted by Crippen LogP contribution is -2.27. The molecule has 0 bridgehead atoms. The van der Waals surface area contributed by atoms with Gasteiger partial charge in [0, 0.05) is 19.0 Å².